The van der Waals surface area contributed by atoms with Crippen LogP contribution < -0.4 is 0 Å². The molecule has 0 aliphatic heterocycles. The van der Waals surface area contributed by atoms with E-state index in [2.05, 4.69) is 19.6 Å². The molecule has 0 radical (unpaired) electrons. The Labute approximate surface area is 90.1 Å². The minimum absolute atomic E-state index is 0.153. The molecule has 0 unspecified atom stereocenters. The van der Waals surface area contributed by atoms with Crippen molar-refractivity contribution < 1.29 is 4.79 Å². The van der Waals surface area contributed by atoms with Crippen LogP contribution in [0.4, 0.5) is 0 Å². The van der Waals surface area contributed by atoms with Gasteiger partial charge in [0.1, 0.15) is 5.82 Å². The zero-order valence-electron chi connectivity index (χ0n) is 8.04. The van der Waals surface area contributed by atoms with Gasteiger partial charge in [-0.3, -0.25) is 4.79 Å². The number of H-pyrrole nitrogens is 1. The summed E-state index contributed by atoms with van der Waals surface area (Å²) in [5.74, 6) is 0.592. The number of carbonyl (C=O) groups is 1. The van der Waals surface area contributed by atoms with Crippen LogP contribution in [0.1, 0.15) is 16.3 Å². The van der Waals surface area contributed by atoms with Gasteiger partial charge in [-0.1, -0.05) is 4.49 Å². The van der Waals surface area contributed by atoms with Crippen molar-refractivity contribution in [3.63, 3.8) is 0 Å². The Bertz CT molecular complexity index is 424. The second-order valence-electron chi connectivity index (χ2n) is 2.99. The fourth-order valence-corrected chi connectivity index (χ4v) is 1.56. The maximum Gasteiger partial charge on any atom is 0.275 e. The quantitative estimate of drug-likeness (QED) is 0.823. The van der Waals surface area contributed by atoms with E-state index in [0.29, 0.717) is 12.2 Å². The molecule has 2 aromatic rings. The third-order valence-electron chi connectivity index (χ3n) is 1.87. The number of nitrogens with zero attached hydrogens (tertiary/aromatic N) is 4. The molecule has 78 valence electrons. The van der Waals surface area contributed by atoms with E-state index in [0.717, 1.165) is 17.4 Å². The molecular weight excluding hydrogens is 214 g/mol. The average Bonchev–Trinajstić information content (AvgIpc) is 2.88. The first kappa shape index (κ1) is 9.78. The fraction of sp³-hybridized carbons (Fsp3) is 0.250. The van der Waals surface area contributed by atoms with Gasteiger partial charge in [0, 0.05) is 24.8 Å². The van der Waals surface area contributed by atoms with Crippen LogP contribution >= 0.6 is 11.5 Å². The lowest BCUT2D eigenvalue weighted by Gasteiger charge is -2.13. The van der Waals surface area contributed by atoms with Crippen LogP contribution in [-0.2, 0) is 6.54 Å². The van der Waals surface area contributed by atoms with Crippen molar-refractivity contribution in [2.24, 2.45) is 0 Å². The maximum absolute atomic E-state index is 11.7. The number of hydrogen-bond donors (Lipinski definition) is 1. The molecule has 0 aromatic carbocycles. The maximum atomic E-state index is 11.7. The molecule has 2 aromatic heterocycles. The van der Waals surface area contributed by atoms with Gasteiger partial charge in [0.15, 0.2) is 5.69 Å². The predicted octanol–water partition coefficient (Wildman–Crippen LogP) is 0.533. The Balaban J connectivity index is 2.03. The summed E-state index contributed by atoms with van der Waals surface area (Å²) in [4.78, 5) is 20.2. The van der Waals surface area contributed by atoms with Crippen molar-refractivity contribution in [3.05, 3.63) is 29.3 Å². The summed E-state index contributed by atoms with van der Waals surface area (Å²) in [5.41, 5.74) is 0.369. The fourth-order valence-electron chi connectivity index (χ4n) is 1.13. The van der Waals surface area contributed by atoms with E-state index in [1.807, 2.05) is 0 Å². The van der Waals surface area contributed by atoms with Gasteiger partial charge in [-0.2, -0.15) is 0 Å². The molecule has 7 heteroatoms. The molecule has 15 heavy (non-hydrogen) atoms. The predicted molar refractivity (Wildman–Crippen MR) is 54.3 cm³/mol. The summed E-state index contributed by atoms with van der Waals surface area (Å²) in [5, 5.41) is 5.34. The first-order valence-corrected chi connectivity index (χ1v) is 5.12. The smallest absolute Gasteiger partial charge is 0.275 e. The van der Waals surface area contributed by atoms with Gasteiger partial charge in [-0.25, -0.2) is 4.98 Å². The summed E-state index contributed by atoms with van der Waals surface area (Å²) in [6.45, 7) is 0.434. The van der Waals surface area contributed by atoms with E-state index in [-0.39, 0.29) is 5.91 Å². The first-order valence-electron chi connectivity index (χ1n) is 4.28. The number of aromatic amines is 1. The minimum Gasteiger partial charge on any atom is -0.347 e. The molecule has 2 rings (SSSR count). The van der Waals surface area contributed by atoms with Gasteiger partial charge in [-0.15, -0.1) is 5.10 Å². The Morgan fingerprint density at radius 2 is 2.53 bits per heavy atom. The average molecular weight is 223 g/mol. The monoisotopic (exact) mass is 223 g/mol. The minimum atomic E-state index is -0.153. The van der Waals surface area contributed by atoms with Crippen molar-refractivity contribution in [1.82, 2.24) is 24.5 Å². The molecule has 0 bridgehead atoms. The van der Waals surface area contributed by atoms with E-state index in [1.165, 1.54) is 4.90 Å². The van der Waals surface area contributed by atoms with Crippen molar-refractivity contribution in [2.45, 2.75) is 6.54 Å². The van der Waals surface area contributed by atoms with Crippen LogP contribution in [0.15, 0.2) is 17.8 Å². The highest BCUT2D eigenvalue weighted by molar-refractivity contribution is 7.03. The number of rotatable bonds is 3. The summed E-state index contributed by atoms with van der Waals surface area (Å²) in [7, 11) is 1.70. The molecule has 0 fully saturated rings. The molecule has 1 N–H and O–H groups in total. The highest BCUT2D eigenvalue weighted by Crippen LogP contribution is 2.04. The number of nitrogens with one attached hydrogen (secondary N) is 1. The van der Waals surface area contributed by atoms with Crippen molar-refractivity contribution in [1.29, 1.82) is 0 Å². The van der Waals surface area contributed by atoms with Gasteiger partial charge in [-0.05, 0) is 11.5 Å². The SMILES string of the molecule is CN(Cc1ncc[nH]1)C(=O)c1csnn1. The Kier molecular flexibility index (Phi) is 2.72. The Hall–Kier alpha value is -1.76. The van der Waals surface area contributed by atoms with Gasteiger partial charge < -0.3 is 9.88 Å². The molecule has 6 nitrogen and oxygen atoms in total. The van der Waals surface area contributed by atoms with Crippen molar-refractivity contribution in [3.8, 4) is 0 Å². The molecule has 1 amide bonds. The molecule has 0 saturated heterocycles. The van der Waals surface area contributed by atoms with E-state index in [9.17, 15) is 4.79 Å². The number of amides is 1. The lowest BCUT2D eigenvalue weighted by atomic mass is 10.4. The van der Waals surface area contributed by atoms with E-state index in [4.69, 9.17) is 0 Å². The third kappa shape index (κ3) is 2.18. The summed E-state index contributed by atoms with van der Waals surface area (Å²) < 4.78 is 3.64. The molecule has 0 spiro atoms. The highest BCUT2D eigenvalue weighted by atomic mass is 32.1. The lowest BCUT2D eigenvalue weighted by Crippen LogP contribution is -2.27. The Morgan fingerprint density at radius 1 is 1.67 bits per heavy atom. The van der Waals surface area contributed by atoms with E-state index < -0.39 is 0 Å². The van der Waals surface area contributed by atoms with Gasteiger partial charge in [0.25, 0.3) is 5.91 Å². The lowest BCUT2D eigenvalue weighted by molar-refractivity contribution is 0.0776. The van der Waals surface area contributed by atoms with Crippen LogP contribution in [0.25, 0.3) is 0 Å². The number of carbonyl (C=O) groups excluding carboxylic acids is 1. The summed E-state index contributed by atoms with van der Waals surface area (Å²) >= 11 is 1.16. The number of imidazole rings is 1. The topological polar surface area (TPSA) is 74.8 Å². The van der Waals surface area contributed by atoms with E-state index in [1.54, 1.807) is 24.8 Å². The zero-order chi connectivity index (χ0) is 10.7. The number of hydrogen-bond acceptors (Lipinski definition) is 5. The first-order chi connectivity index (χ1) is 7.27. The molecule has 0 saturated carbocycles. The summed E-state index contributed by atoms with van der Waals surface area (Å²) in [6.07, 6.45) is 3.37. The molecule has 0 aliphatic rings. The zero-order valence-corrected chi connectivity index (χ0v) is 8.86. The second-order valence-corrected chi connectivity index (χ2v) is 3.60. The standard InChI is InChI=1S/C8H9N5OS/c1-13(4-7-9-2-3-10-7)8(14)6-5-15-12-11-6/h2-3,5H,4H2,1H3,(H,9,10). The van der Waals surface area contributed by atoms with Crippen molar-refractivity contribution >= 4 is 17.4 Å². The van der Waals surface area contributed by atoms with Crippen LogP contribution in [0, 0.1) is 0 Å². The van der Waals surface area contributed by atoms with Crippen LogP contribution in [-0.4, -0.2) is 37.4 Å². The van der Waals surface area contributed by atoms with Crippen LogP contribution in [0.3, 0.4) is 0 Å². The highest BCUT2D eigenvalue weighted by Gasteiger charge is 2.15. The van der Waals surface area contributed by atoms with Gasteiger partial charge >= 0.3 is 0 Å². The molecule has 0 atom stereocenters. The molecule has 2 heterocycles. The third-order valence-corrected chi connectivity index (χ3v) is 2.37. The summed E-state index contributed by atoms with van der Waals surface area (Å²) in [6, 6.07) is 0. The van der Waals surface area contributed by atoms with Gasteiger partial charge in [0.05, 0.1) is 6.54 Å². The molecular formula is C8H9N5OS. The van der Waals surface area contributed by atoms with Crippen LogP contribution in [0.5, 0.6) is 0 Å². The second kappa shape index (κ2) is 4.18. The van der Waals surface area contributed by atoms with Crippen LogP contribution in [0.2, 0.25) is 0 Å². The molecule has 0 aliphatic carbocycles. The van der Waals surface area contributed by atoms with Crippen molar-refractivity contribution in [2.75, 3.05) is 7.05 Å². The van der Waals surface area contributed by atoms with E-state index >= 15 is 0 Å². The van der Waals surface area contributed by atoms with Gasteiger partial charge in [0.2, 0.25) is 0 Å². The normalized spacial score (nSPS) is 10.2. The largest absolute Gasteiger partial charge is 0.347 e. The Morgan fingerprint density at radius 3 is 3.13 bits per heavy atom. The number of aromatic nitrogens is 4.